The number of aryl methyl sites for hydroxylation is 2. The molecule has 1 aromatic rings. The summed E-state index contributed by atoms with van der Waals surface area (Å²) >= 11 is 0. The molecule has 19 heavy (non-hydrogen) atoms. The summed E-state index contributed by atoms with van der Waals surface area (Å²) in [4.78, 5) is 4.59. The third kappa shape index (κ3) is 4.60. The number of nitrogens with zero attached hydrogens (tertiary/aromatic N) is 3. The van der Waals surface area contributed by atoms with Crippen LogP contribution in [0.2, 0.25) is 0 Å². The first-order valence-corrected chi connectivity index (χ1v) is 7.64. The van der Waals surface area contributed by atoms with Crippen LogP contribution in [-0.2, 0) is 12.8 Å². The first-order chi connectivity index (χ1) is 8.99. The molecule has 4 heteroatoms. The molecule has 0 aliphatic heterocycles. The quantitative estimate of drug-likeness (QED) is 0.787. The highest BCUT2D eigenvalue weighted by molar-refractivity contribution is 4.95. The van der Waals surface area contributed by atoms with E-state index in [1.165, 1.54) is 0 Å². The van der Waals surface area contributed by atoms with Gasteiger partial charge in [-0.05, 0) is 31.8 Å². The Morgan fingerprint density at radius 2 is 1.74 bits per heavy atom. The summed E-state index contributed by atoms with van der Waals surface area (Å²) < 4.78 is 2.13. The lowest BCUT2D eigenvalue weighted by Gasteiger charge is -2.22. The van der Waals surface area contributed by atoms with Gasteiger partial charge in [-0.25, -0.2) is 9.67 Å². The number of rotatable bonds is 8. The molecule has 0 spiro atoms. The Morgan fingerprint density at radius 1 is 1.05 bits per heavy atom. The Hall–Kier alpha value is -0.900. The lowest BCUT2D eigenvalue weighted by Crippen LogP contribution is -2.30. The average molecular weight is 266 g/mol. The predicted molar refractivity (Wildman–Crippen MR) is 80.4 cm³/mol. The minimum absolute atomic E-state index is 0.391. The van der Waals surface area contributed by atoms with E-state index in [-0.39, 0.29) is 0 Å². The maximum atomic E-state index is 4.64. The fourth-order valence-corrected chi connectivity index (χ4v) is 2.13. The summed E-state index contributed by atoms with van der Waals surface area (Å²) in [5, 5.41) is 8.17. The molecule has 4 nitrogen and oxygen atoms in total. The zero-order valence-electron chi connectivity index (χ0n) is 13.4. The third-order valence-corrected chi connectivity index (χ3v) is 3.61. The molecule has 0 aliphatic carbocycles. The molecule has 2 unspecified atom stereocenters. The first-order valence-electron chi connectivity index (χ1n) is 7.64. The van der Waals surface area contributed by atoms with Crippen LogP contribution in [0.25, 0.3) is 0 Å². The molecule has 0 saturated carbocycles. The van der Waals surface area contributed by atoms with Crippen LogP contribution in [0.15, 0.2) is 0 Å². The highest BCUT2D eigenvalue weighted by Gasteiger charge is 2.18. The molecule has 0 amide bonds. The SMILES string of the molecule is CCc1nc(CC)n(C(C)C(C)CNCC(C)C)n1. The van der Waals surface area contributed by atoms with Gasteiger partial charge in [0.05, 0.1) is 6.04 Å². The summed E-state index contributed by atoms with van der Waals surface area (Å²) in [6, 6.07) is 0.391. The lowest BCUT2D eigenvalue weighted by molar-refractivity contribution is 0.323. The molecular formula is C15H30N4. The number of aromatic nitrogens is 3. The maximum absolute atomic E-state index is 4.64. The summed E-state index contributed by atoms with van der Waals surface area (Å²) in [6.45, 7) is 15.4. The van der Waals surface area contributed by atoms with Crippen molar-refractivity contribution in [2.45, 2.75) is 60.4 Å². The lowest BCUT2D eigenvalue weighted by atomic mass is 10.0. The van der Waals surface area contributed by atoms with Crippen LogP contribution in [0.1, 0.15) is 59.2 Å². The van der Waals surface area contributed by atoms with Crippen molar-refractivity contribution in [3.63, 3.8) is 0 Å². The molecule has 110 valence electrons. The zero-order chi connectivity index (χ0) is 14.4. The van der Waals surface area contributed by atoms with Crippen molar-refractivity contribution in [2.24, 2.45) is 11.8 Å². The Kier molecular flexibility index (Phi) is 6.49. The second kappa shape index (κ2) is 7.63. The summed E-state index contributed by atoms with van der Waals surface area (Å²) in [6.07, 6.45) is 1.86. The van der Waals surface area contributed by atoms with Gasteiger partial charge < -0.3 is 5.32 Å². The fourth-order valence-electron chi connectivity index (χ4n) is 2.13. The molecule has 1 rings (SSSR count). The van der Waals surface area contributed by atoms with Gasteiger partial charge in [-0.1, -0.05) is 34.6 Å². The molecule has 0 saturated heterocycles. The summed E-state index contributed by atoms with van der Waals surface area (Å²) in [5.74, 6) is 3.33. The normalized spacial score (nSPS) is 14.9. The van der Waals surface area contributed by atoms with Gasteiger partial charge >= 0.3 is 0 Å². The molecule has 1 heterocycles. The first kappa shape index (κ1) is 16.2. The topological polar surface area (TPSA) is 42.7 Å². The Bertz CT molecular complexity index is 370. The fraction of sp³-hybridized carbons (Fsp3) is 0.867. The molecule has 0 aliphatic rings. The molecule has 1 aromatic heterocycles. The minimum Gasteiger partial charge on any atom is -0.316 e. The highest BCUT2D eigenvalue weighted by Crippen LogP contribution is 2.18. The number of nitrogens with one attached hydrogen (secondary N) is 1. The molecule has 0 radical (unpaired) electrons. The van der Waals surface area contributed by atoms with E-state index >= 15 is 0 Å². The van der Waals surface area contributed by atoms with Crippen LogP contribution < -0.4 is 5.32 Å². The van der Waals surface area contributed by atoms with Crippen LogP contribution in [0.4, 0.5) is 0 Å². The zero-order valence-corrected chi connectivity index (χ0v) is 13.4. The van der Waals surface area contributed by atoms with Gasteiger partial charge in [-0.3, -0.25) is 0 Å². The van der Waals surface area contributed by atoms with Crippen molar-refractivity contribution < 1.29 is 0 Å². The average Bonchev–Trinajstić information content (AvgIpc) is 2.80. The monoisotopic (exact) mass is 266 g/mol. The van der Waals surface area contributed by atoms with E-state index in [1.54, 1.807) is 0 Å². The molecule has 0 bridgehead atoms. The smallest absolute Gasteiger partial charge is 0.150 e. The van der Waals surface area contributed by atoms with E-state index in [4.69, 9.17) is 0 Å². The van der Waals surface area contributed by atoms with Gasteiger partial charge in [0, 0.05) is 12.8 Å². The maximum Gasteiger partial charge on any atom is 0.150 e. The Morgan fingerprint density at radius 3 is 2.26 bits per heavy atom. The molecule has 0 fully saturated rings. The van der Waals surface area contributed by atoms with E-state index in [2.05, 4.69) is 61.6 Å². The predicted octanol–water partition coefficient (Wildman–Crippen LogP) is 2.85. The van der Waals surface area contributed by atoms with Crippen molar-refractivity contribution in [1.82, 2.24) is 20.1 Å². The summed E-state index contributed by atoms with van der Waals surface area (Å²) in [7, 11) is 0. The highest BCUT2D eigenvalue weighted by atomic mass is 15.4. The van der Waals surface area contributed by atoms with Gasteiger partial charge in [-0.2, -0.15) is 5.10 Å². The minimum atomic E-state index is 0.391. The van der Waals surface area contributed by atoms with Crippen LogP contribution in [0.3, 0.4) is 0 Å². The van der Waals surface area contributed by atoms with Crippen LogP contribution >= 0.6 is 0 Å². The second-order valence-corrected chi connectivity index (χ2v) is 5.87. The van der Waals surface area contributed by atoms with Crippen molar-refractivity contribution >= 4 is 0 Å². The van der Waals surface area contributed by atoms with Crippen molar-refractivity contribution in [2.75, 3.05) is 13.1 Å². The van der Waals surface area contributed by atoms with E-state index in [1.807, 2.05) is 0 Å². The number of hydrogen-bond acceptors (Lipinski definition) is 3. The molecule has 2 atom stereocenters. The van der Waals surface area contributed by atoms with Crippen LogP contribution in [0, 0.1) is 11.8 Å². The second-order valence-electron chi connectivity index (χ2n) is 5.87. The molecular weight excluding hydrogens is 236 g/mol. The van der Waals surface area contributed by atoms with Crippen LogP contribution in [0.5, 0.6) is 0 Å². The van der Waals surface area contributed by atoms with Crippen molar-refractivity contribution in [1.29, 1.82) is 0 Å². The Balaban J connectivity index is 2.64. The van der Waals surface area contributed by atoms with E-state index in [0.29, 0.717) is 17.9 Å². The molecule has 0 aromatic carbocycles. The Labute approximate surface area is 118 Å². The van der Waals surface area contributed by atoms with E-state index < -0.39 is 0 Å². The van der Waals surface area contributed by atoms with Gasteiger partial charge in [0.25, 0.3) is 0 Å². The van der Waals surface area contributed by atoms with Gasteiger partial charge in [0.2, 0.25) is 0 Å². The van der Waals surface area contributed by atoms with Gasteiger partial charge in [0.1, 0.15) is 5.82 Å². The largest absolute Gasteiger partial charge is 0.316 e. The van der Waals surface area contributed by atoms with Crippen molar-refractivity contribution in [3.8, 4) is 0 Å². The van der Waals surface area contributed by atoms with Crippen molar-refractivity contribution in [3.05, 3.63) is 11.6 Å². The van der Waals surface area contributed by atoms with Crippen LogP contribution in [-0.4, -0.2) is 27.9 Å². The third-order valence-electron chi connectivity index (χ3n) is 3.61. The summed E-state index contributed by atoms with van der Waals surface area (Å²) in [5.41, 5.74) is 0. The molecule has 1 N–H and O–H groups in total. The number of hydrogen-bond donors (Lipinski definition) is 1. The van der Waals surface area contributed by atoms with Gasteiger partial charge in [-0.15, -0.1) is 0 Å². The standard InChI is InChI=1S/C15H30N4/c1-7-14-17-15(8-2)19(18-14)13(6)12(5)10-16-9-11(3)4/h11-13,16H,7-10H2,1-6H3. The van der Waals surface area contributed by atoms with Gasteiger partial charge in [0.15, 0.2) is 5.82 Å². The van der Waals surface area contributed by atoms with E-state index in [9.17, 15) is 0 Å². The van der Waals surface area contributed by atoms with E-state index in [0.717, 1.165) is 37.6 Å².